The van der Waals surface area contributed by atoms with Crippen molar-refractivity contribution in [3.8, 4) is 0 Å². The molecule has 20 heavy (non-hydrogen) atoms. The highest BCUT2D eigenvalue weighted by molar-refractivity contribution is 5.87. The van der Waals surface area contributed by atoms with Crippen molar-refractivity contribution in [1.82, 2.24) is 0 Å². The number of hydrogen-bond donors (Lipinski definition) is 0. The monoisotopic (exact) mass is 274 g/mol. The molecule has 2 aliphatic carbocycles. The Kier molecular flexibility index (Phi) is 3.15. The summed E-state index contributed by atoms with van der Waals surface area (Å²) < 4.78 is 19.3. The van der Waals surface area contributed by atoms with Crippen molar-refractivity contribution in [1.29, 1.82) is 0 Å². The second kappa shape index (κ2) is 4.72. The predicted octanol–water partition coefficient (Wildman–Crippen LogP) is 3.89. The van der Waals surface area contributed by atoms with Gasteiger partial charge >= 0.3 is 5.97 Å². The van der Waals surface area contributed by atoms with Crippen molar-refractivity contribution >= 4 is 5.97 Å². The lowest BCUT2D eigenvalue weighted by Crippen LogP contribution is -2.38. The number of ether oxygens (including phenoxy) is 1. The van der Waals surface area contributed by atoms with Gasteiger partial charge in [-0.25, -0.2) is 9.18 Å². The molecule has 0 aliphatic heterocycles. The van der Waals surface area contributed by atoms with Gasteiger partial charge in [0, 0.05) is 11.5 Å². The van der Waals surface area contributed by atoms with Crippen molar-refractivity contribution in [2.75, 3.05) is 0 Å². The van der Waals surface area contributed by atoms with E-state index in [2.05, 4.69) is 6.58 Å². The van der Waals surface area contributed by atoms with Crippen molar-refractivity contribution in [3.63, 3.8) is 0 Å². The molecule has 2 aliphatic rings. The summed E-state index contributed by atoms with van der Waals surface area (Å²) in [7, 11) is 0. The van der Waals surface area contributed by atoms with Crippen molar-refractivity contribution in [2.45, 2.75) is 44.6 Å². The zero-order valence-electron chi connectivity index (χ0n) is 11.7. The maximum atomic E-state index is 13.4. The average molecular weight is 274 g/mol. The molecule has 1 unspecified atom stereocenters. The summed E-state index contributed by atoms with van der Waals surface area (Å²) in [5, 5.41) is 0. The Bertz CT molecular complexity index is 574. The molecular weight excluding hydrogens is 255 g/mol. The van der Waals surface area contributed by atoms with Crippen LogP contribution in [0.25, 0.3) is 0 Å². The maximum absolute atomic E-state index is 13.4. The van der Waals surface area contributed by atoms with E-state index in [1.165, 1.54) is 6.07 Å². The minimum atomic E-state index is -0.558. The van der Waals surface area contributed by atoms with Crippen LogP contribution in [0, 0.1) is 11.7 Å². The van der Waals surface area contributed by atoms with Crippen molar-refractivity contribution in [3.05, 3.63) is 47.3 Å². The van der Waals surface area contributed by atoms with Crippen LogP contribution < -0.4 is 0 Å². The number of esters is 1. The molecule has 0 spiro atoms. The number of halogens is 1. The summed E-state index contributed by atoms with van der Waals surface area (Å²) >= 11 is 0. The van der Waals surface area contributed by atoms with E-state index < -0.39 is 5.60 Å². The second-order valence-electron chi connectivity index (χ2n) is 5.99. The first-order valence-electron chi connectivity index (χ1n) is 7.21. The molecule has 1 atom stereocenters. The molecule has 0 saturated heterocycles. The van der Waals surface area contributed by atoms with E-state index in [1.807, 2.05) is 0 Å². The quantitative estimate of drug-likeness (QED) is 0.617. The van der Waals surface area contributed by atoms with Crippen LogP contribution in [0.3, 0.4) is 0 Å². The fourth-order valence-electron chi connectivity index (χ4n) is 3.27. The molecule has 2 nitrogen and oxygen atoms in total. The van der Waals surface area contributed by atoms with Gasteiger partial charge in [0.2, 0.25) is 0 Å². The molecule has 0 amide bonds. The Morgan fingerprint density at radius 1 is 1.45 bits per heavy atom. The molecule has 0 bridgehead atoms. The van der Waals surface area contributed by atoms with Crippen molar-refractivity contribution in [2.24, 2.45) is 5.92 Å². The Balaban J connectivity index is 2.04. The van der Waals surface area contributed by atoms with E-state index in [9.17, 15) is 9.18 Å². The summed E-state index contributed by atoms with van der Waals surface area (Å²) in [6.07, 6.45) is 4.75. The highest BCUT2D eigenvalue weighted by atomic mass is 19.1. The normalized spacial score (nSPS) is 24.9. The van der Waals surface area contributed by atoms with Gasteiger partial charge in [-0.2, -0.15) is 0 Å². The molecule has 1 aromatic rings. The van der Waals surface area contributed by atoms with Gasteiger partial charge in [-0.15, -0.1) is 0 Å². The zero-order valence-corrected chi connectivity index (χ0v) is 11.7. The minimum absolute atomic E-state index is 0.221. The molecule has 1 saturated carbocycles. The van der Waals surface area contributed by atoms with Gasteiger partial charge in [-0.05, 0) is 62.3 Å². The molecule has 3 rings (SSSR count). The Morgan fingerprint density at radius 3 is 2.85 bits per heavy atom. The van der Waals surface area contributed by atoms with Crippen LogP contribution >= 0.6 is 0 Å². The van der Waals surface area contributed by atoms with E-state index in [4.69, 9.17) is 4.74 Å². The molecule has 1 fully saturated rings. The van der Waals surface area contributed by atoms with Crippen LogP contribution in [0.5, 0.6) is 0 Å². The van der Waals surface area contributed by atoms with Crippen LogP contribution in [0.2, 0.25) is 0 Å². The lowest BCUT2D eigenvalue weighted by molar-refractivity contribution is -0.161. The lowest BCUT2D eigenvalue weighted by atomic mass is 9.76. The van der Waals surface area contributed by atoms with Crippen LogP contribution in [0.1, 0.15) is 43.7 Å². The second-order valence-corrected chi connectivity index (χ2v) is 5.99. The number of rotatable bonds is 3. The number of carbonyl (C=O) groups excluding carboxylic acids is 1. The summed E-state index contributed by atoms with van der Waals surface area (Å²) in [5.41, 5.74) is 1.84. The fourth-order valence-corrected chi connectivity index (χ4v) is 3.27. The smallest absolute Gasteiger partial charge is 0.334 e. The highest BCUT2D eigenvalue weighted by Gasteiger charge is 2.51. The van der Waals surface area contributed by atoms with Gasteiger partial charge in [-0.1, -0.05) is 12.6 Å². The molecule has 1 aromatic carbocycles. The topological polar surface area (TPSA) is 26.3 Å². The molecule has 0 aromatic heterocycles. The molecule has 106 valence electrons. The van der Waals surface area contributed by atoms with Gasteiger partial charge in [0.25, 0.3) is 0 Å². The van der Waals surface area contributed by atoms with Gasteiger partial charge < -0.3 is 4.74 Å². The van der Waals surface area contributed by atoms with Gasteiger partial charge in [0.15, 0.2) is 0 Å². The Morgan fingerprint density at radius 2 is 2.20 bits per heavy atom. The van der Waals surface area contributed by atoms with Crippen molar-refractivity contribution < 1.29 is 13.9 Å². The van der Waals surface area contributed by atoms with Crippen LogP contribution in [-0.2, 0) is 21.6 Å². The zero-order chi connectivity index (χ0) is 14.3. The molecule has 0 heterocycles. The van der Waals surface area contributed by atoms with Gasteiger partial charge in [-0.3, -0.25) is 0 Å². The SMILES string of the molecule is C=C(C)C(=O)OC1(C2CC2)CCCc2cc(F)ccc21. The predicted molar refractivity (Wildman–Crippen MR) is 74.6 cm³/mol. The van der Waals surface area contributed by atoms with E-state index in [0.29, 0.717) is 11.5 Å². The molecule has 0 radical (unpaired) electrons. The van der Waals surface area contributed by atoms with Crippen LogP contribution in [-0.4, -0.2) is 5.97 Å². The van der Waals surface area contributed by atoms with E-state index >= 15 is 0 Å². The number of aryl methyl sites for hydroxylation is 1. The third kappa shape index (κ3) is 2.15. The first-order valence-corrected chi connectivity index (χ1v) is 7.21. The highest BCUT2D eigenvalue weighted by Crippen LogP contribution is 2.54. The maximum Gasteiger partial charge on any atom is 0.334 e. The number of carbonyl (C=O) groups is 1. The first kappa shape index (κ1) is 13.3. The fraction of sp³-hybridized carbons (Fsp3) is 0.471. The average Bonchev–Trinajstić information content (AvgIpc) is 3.22. The van der Waals surface area contributed by atoms with E-state index in [1.54, 1.807) is 19.1 Å². The summed E-state index contributed by atoms with van der Waals surface area (Å²) in [6, 6.07) is 4.85. The largest absolute Gasteiger partial charge is 0.451 e. The van der Waals surface area contributed by atoms with E-state index in [-0.39, 0.29) is 11.8 Å². The minimum Gasteiger partial charge on any atom is -0.451 e. The van der Waals surface area contributed by atoms with E-state index in [0.717, 1.165) is 43.2 Å². The summed E-state index contributed by atoms with van der Waals surface area (Å²) in [6.45, 7) is 5.33. The third-order valence-corrected chi connectivity index (χ3v) is 4.38. The van der Waals surface area contributed by atoms with Gasteiger partial charge in [0.05, 0.1) is 0 Å². The van der Waals surface area contributed by atoms with Crippen LogP contribution in [0.4, 0.5) is 4.39 Å². The first-order chi connectivity index (χ1) is 9.53. The van der Waals surface area contributed by atoms with Gasteiger partial charge in [0.1, 0.15) is 11.4 Å². The molecule has 3 heteroatoms. The molecule has 0 N–H and O–H groups in total. The number of hydrogen-bond acceptors (Lipinski definition) is 2. The lowest BCUT2D eigenvalue weighted by Gasteiger charge is -2.39. The Labute approximate surface area is 118 Å². The molecular formula is C17H19FO2. The third-order valence-electron chi connectivity index (χ3n) is 4.38. The Hall–Kier alpha value is -1.64. The number of benzene rings is 1. The standard InChI is InChI=1S/C17H19FO2/c1-11(2)16(19)20-17(13-5-6-13)9-3-4-12-10-14(18)7-8-15(12)17/h7-8,10,13H,1,3-6,9H2,2H3. The number of fused-ring (bicyclic) bond motifs is 1. The summed E-state index contributed by atoms with van der Waals surface area (Å²) in [4.78, 5) is 12.0. The summed E-state index contributed by atoms with van der Waals surface area (Å²) in [5.74, 6) is -0.189. The van der Waals surface area contributed by atoms with Crippen LogP contribution in [0.15, 0.2) is 30.4 Å².